The molecule has 0 radical (unpaired) electrons. The van der Waals surface area contributed by atoms with Crippen molar-refractivity contribution < 1.29 is 9.52 Å². The van der Waals surface area contributed by atoms with Crippen LogP contribution < -0.4 is 0 Å². The number of oxazole rings is 1. The van der Waals surface area contributed by atoms with E-state index < -0.39 is 0 Å². The normalized spacial score (nSPS) is 10.5. The van der Waals surface area contributed by atoms with Crippen molar-refractivity contribution in [3.8, 4) is 11.3 Å². The molecular formula is C11H10ClNO2. The molecule has 0 fully saturated rings. The lowest BCUT2D eigenvalue weighted by Gasteiger charge is -1.95. The summed E-state index contributed by atoms with van der Waals surface area (Å²) in [5, 5.41) is 9.41. The standard InChI is InChI=1S/C11H10ClNO2/c12-9-3-1-8(2-4-9)10-7-13-11(15-10)5-6-14/h1-4,7,14H,5-6H2. The average molecular weight is 224 g/mol. The molecule has 0 bridgehead atoms. The van der Waals surface area contributed by atoms with Crippen LogP contribution in [0.5, 0.6) is 0 Å². The Morgan fingerprint density at radius 2 is 2.00 bits per heavy atom. The highest BCUT2D eigenvalue weighted by Crippen LogP contribution is 2.22. The fourth-order valence-electron chi connectivity index (χ4n) is 1.27. The number of rotatable bonds is 3. The molecule has 1 N–H and O–H groups in total. The minimum absolute atomic E-state index is 0.0422. The predicted molar refractivity (Wildman–Crippen MR) is 57.7 cm³/mol. The van der Waals surface area contributed by atoms with Gasteiger partial charge in [0.05, 0.1) is 12.8 Å². The van der Waals surface area contributed by atoms with Crippen molar-refractivity contribution in [2.45, 2.75) is 6.42 Å². The molecule has 1 aromatic carbocycles. The van der Waals surface area contributed by atoms with Crippen molar-refractivity contribution in [1.82, 2.24) is 4.98 Å². The molecule has 0 atom stereocenters. The number of hydrogen-bond donors (Lipinski definition) is 1. The van der Waals surface area contributed by atoms with Crippen LogP contribution >= 0.6 is 11.6 Å². The Balaban J connectivity index is 2.25. The van der Waals surface area contributed by atoms with Gasteiger partial charge in [0.15, 0.2) is 11.7 Å². The Morgan fingerprint density at radius 3 is 2.67 bits per heavy atom. The van der Waals surface area contributed by atoms with Crippen molar-refractivity contribution in [2.75, 3.05) is 6.61 Å². The minimum Gasteiger partial charge on any atom is -0.441 e. The average Bonchev–Trinajstić information content (AvgIpc) is 2.68. The lowest BCUT2D eigenvalue weighted by atomic mass is 10.2. The molecule has 0 saturated heterocycles. The molecule has 0 spiro atoms. The molecule has 78 valence electrons. The second kappa shape index (κ2) is 4.47. The van der Waals surface area contributed by atoms with Crippen molar-refractivity contribution in [3.63, 3.8) is 0 Å². The minimum atomic E-state index is 0.0422. The van der Waals surface area contributed by atoms with Gasteiger partial charge in [0.25, 0.3) is 0 Å². The van der Waals surface area contributed by atoms with E-state index in [1.54, 1.807) is 18.3 Å². The van der Waals surface area contributed by atoms with E-state index in [4.69, 9.17) is 21.1 Å². The lowest BCUT2D eigenvalue weighted by molar-refractivity contribution is 0.285. The maximum absolute atomic E-state index is 8.72. The fraction of sp³-hybridized carbons (Fsp3) is 0.182. The summed E-state index contributed by atoms with van der Waals surface area (Å²) in [7, 11) is 0. The van der Waals surface area contributed by atoms with Crippen molar-refractivity contribution in [2.24, 2.45) is 0 Å². The summed E-state index contributed by atoms with van der Waals surface area (Å²) in [6.45, 7) is 0.0422. The predicted octanol–water partition coefficient (Wildman–Crippen LogP) is 2.53. The van der Waals surface area contributed by atoms with Gasteiger partial charge in [0.1, 0.15) is 0 Å². The van der Waals surface area contributed by atoms with Gasteiger partial charge in [-0.05, 0) is 24.3 Å². The second-order valence-corrected chi connectivity index (χ2v) is 3.54. The number of aliphatic hydroxyl groups is 1. The van der Waals surface area contributed by atoms with Crippen LogP contribution in [0.15, 0.2) is 34.9 Å². The van der Waals surface area contributed by atoms with Gasteiger partial charge in [0.2, 0.25) is 0 Å². The molecule has 2 aromatic rings. The smallest absolute Gasteiger partial charge is 0.197 e. The van der Waals surface area contributed by atoms with Gasteiger partial charge >= 0.3 is 0 Å². The third kappa shape index (κ3) is 2.37. The zero-order valence-electron chi connectivity index (χ0n) is 7.98. The second-order valence-electron chi connectivity index (χ2n) is 3.10. The van der Waals surface area contributed by atoms with Gasteiger partial charge in [-0.15, -0.1) is 0 Å². The lowest BCUT2D eigenvalue weighted by Crippen LogP contribution is -1.88. The first-order valence-electron chi connectivity index (χ1n) is 4.61. The molecule has 4 heteroatoms. The van der Waals surface area contributed by atoms with Crippen LogP contribution in [0.3, 0.4) is 0 Å². The van der Waals surface area contributed by atoms with Crippen molar-refractivity contribution >= 4 is 11.6 Å². The summed E-state index contributed by atoms with van der Waals surface area (Å²) >= 11 is 5.77. The Morgan fingerprint density at radius 1 is 1.27 bits per heavy atom. The molecule has 0 aliphatic heterocycles. The van der Waals surface area contributed by atoms with Crippen LogP contribution in [-0.4, -0.2) is 16.7 Å². The third-order valence-corrected chi connectivity index (χ3v) is 2.26. The molecule has 0 aliphatic carbocycles. The van der Waals surface area contributed by atoms with Gasteiger partial charge in [0, 0.05) is 17.0 Å². The fourth-order valence-corrected chi connectivity index (χ4v) is 1.40. The summed E-state index contributed by atoms with van der Waals surface area (Å²) in [6, 6.07) is 7.33. The van der Waals surface area contributed by atoms with Crippen LogP contribution in [0.2, 0.25) is 5.02 Å². The number of benzene rings is 1. The van der Waals surface area contributed by atoms with Crippen molar-refractivity contribution in [3.05, 3.63) is 41.4 Å². The zero-order valence-corrected chi connectivity index (χ0v) is 8.74. The van der Waals surface area contributed by atoms with Gasteiger partial charge in [-0.1, -0.05) is 11.6 Å². The first kappa shape index (κ1) is 10.2. The summed E-state index contributed by atoms with van der Waals surface area (Å²) < 4.78 is 5.44. The molecule has 0 aliphatic rings. The van der Waals surface area contributed by atoms with E-state index in [0.717, 1.165) is 5.56 Å². The Labute approximate surface area is 92.3 Å². The van der Waals surface area contributed by atoms with E-state index in [-0.39, 0.29) is 6.61 Å². The zero-order chi connectivity index (χ0) is 10.7. The van der Waals surface area contributed by atoms with Crippen LogP contribution in [0, 0.1) is 0 Å². The first-order chi connectivity index (χ1) is 7.29. The molecular weight excluding hydrogens is 214 g/mol. The van der Waals surface area contributed by atoms with E-state index in [0.29, 0.717) is 23.1 Å². The number of aromatic nitrogens is 1. The summed E-state index contributed by atoms with van der Waals surface area (Å²) in [5.74, 6) is 1.23. The quantitative estimate of drug-likeness (QED) is 0.870. The van der Waals surface area contributed by atoms with Gasteiger partial charge in [-0.25, -0.2) is 4.98 Å². The maximum atomic E-state index is 8.72. The molecule has 2 rings (SSSR count). The van der Waals surface area contributed by atoms with E-state index in [2.05, 4.69) is 4.98 Å². The molecule has 1 aromatic heterocycles. The summed E-state index contributed by atoms with van der Waals surface area (Å²) in [5.41, 5.74) is 0.927. The van der Waals surface area contributed by atoms with E-state index >= 15 is 0 Å². The monoisotopic (exact) mass is 223 g/mol. The van der Waals surface area contributed by atoms with Crippen LogP contribution in [-0.2, 0) is 6.42 Å². The van der Waals surface area contributed by atoms with Gasteiger partial charge < -0.3 is 9.52 Å². The third-order valence-electron chi connectivity index (χ3n) is 2.01. The molecule has 0 amide bonds. The van der Waals surface area contributed by atoms with E-state index in [1.165, 1.54) is 0 Å². The maximum Gasteiger partial charge on any atom is 0.197 e. The largest absolute Gasteiger partial charge is 0.441 e. The molecule has 1 heterocycles. The Bertz CT molecular complexity index is 436. The molecule has 0 saturated carbocycles. The van der Waals surface area contributed by atoms with E-state index in [1.807, 2.05) is 12.1 Å². The van der Waals surface area contributed by atoms with Crippen LogP contribution in [0.4, 0.5) is 0 Å². The summed E-state index contributed by atoms with van der Waals surface area (Å²) in [4.78, 5) is 4.05. The Hall–Kier alpha value is -1.32. The highest BCUT2D eigenvalue weighted by Gasteiger charge is 2.05. The van der Waals surface area contributed by atoms with E-state index in [9.17, 15) is 0 Å². The van der Waals surface area contributed by atoms with Crippen LogP contribution in [0.1, 0.15) is 5.89 Å². The molecule has 3 nitrogen and oxygen atoms in total. The summed E-state index contributed by atoms with van der Waals surface area (Å²) in [6.07, 6.45) is 2.09. The number of nitrogens with zero attached hydrogens (tertiary/aromatic N) is 1. The first-order valence-corrected chi connectivity index (χ1v) is 4.99. The highest BCUT2D eigenvalue weighted by molar-refractivity contribution is 6.30. The van der Waals surface area contributed by atoms with Gasteiger partial charge in [-0.3, -0.25) is 0 Å². The number of halogens is 1. The Kier molecular flexibility index (Phi) is 3.04. The molecule has 0 unspecified atom stereocenters. The highest BCUT2D eigenvalue weighted by atomic mass is 35.5. The number of hydrogen-bond acceptors (Lipinski definition) is 3. The SMILES string of the molecule is OCCc1ncc(-c2ccc(Cl)cc2)o1. The van der Waals surface area contributed by atoms with Crippen molar-refractivity contribution in [1.29, 1.82) is 0 Å². The van der Waals surface area contributed by atoms with Gasteiger partial charge in [-0.2, -0.15) is 0 Å². The topological polar surface area (TPSA) is 46.3 Å². The van der Waals surface area contributed by atoms with Crippen LogP contribution in [0.25, 0.3) is 11.3 Å². The number of aliphatic hydroxyl groups excluding tert-OH is 1. The molecule has 15 heavy (non-hydrogen) atoms.